The number of nitrogen functional groups attached to an aromatic ring is 6. The zero-order valence-electron chi connectivity index (χ0n) is 90.8. The van der Waals surface area contributed by atoms with Gasteiger partial charge in [0.1, 0.15) is 22.8 Å². The molecular formula is C114H141Cl9F3N11O11. The van der Waals surface area contributed by atoms with Gasteiger partial charge in [-0.25, -0.2) is 15.5 Å². The van der Waals surface area contributed by atoms with Crippen LogP contribution in [0, 0.1) is 91.8 Å². The number of Topliss-reactive ketones (excluding diaryl/α,β-unsaturated/α-hetero) is 10. The van der Waals surface area contributed by atoms with Gasteiger partial charge in [-0.05, 0) is 153 Å². The first kappa shape index (κ1) is 135. The summed E-state index contributed by atoms with van der Waals surface area (Å²) in [5, 5.41) is 15.2. The van der Waals surface area contributed by atoms with Gasteiger partial charge in [-0.15, -0.1) is 5.11 Å². The van der Waals surface area contributed by atoms with Crippen molar-refractivity contribution in [2.24, 2.45) is 59.3 Å². The van der Waals surface area contributed by atoms with Gasteiger partial charge in [0.05, 0.1) is 66.1 Å². The van der Waals surface area contributed by atoms with Crippen molar-refractivity contribution in [2.45, 2.75) is 235 Å². The van der Waals surface area contributed by atoms with Gasteiger partial charge >= 0.3 is 6.18 Å². The van der Waals surface area contributed by atoms with Crippen LogP contribution < -0.4 is 39.1 Å². The van der Waals surface area contributed by atoms with Gasteiger partial charge in [-0.2, -0.15) is 18.4 Å². The number of nitrogens with two attached hydrogens (primary N) is 6. The minimum atomic E-state index is -4.64. The molecule has 148 heavy (non-hydrogen) atoms. The smallest absolute Gasteiger partial charge is 0.418 e. The highest BCUT2D eigenvalue weighted by Gasteiger charge is 2.37. The number of halogens is 12. The van der Waals surface area contributed by atoms with Gasteiger partial charge in [0.25, 0.3) is 0 Å². The Hall–Kier alpha value is -11.2. The minimum absolute atomic E-state index is 0.00639. The van der Waals surface area contributed by atoms with Crippen LogP contribution in [0.1, 0.15) is 339 Å². The van der Waals surface area contributed by atoms with Crippen LogP contribution in [0.2, 0.25) is 45.3 Å². The Morgan fingerprint density at radius 3 is 0.845 bits per heavy atom. The van der Waals surface area contributed by atoms with Crippen LogP contribution in [0.15, 0.2) is 163 Å². The quantitative estimate of drug-likeness (QED) is 0.0258. The molecule has 0 aliphatic carbocycles. The molecule has 13 N–H and O–H groups in total. The molecule has 2 heterocycles. The Balaban J connectivity index is 0.000000823. The van der Waals surface area contributed by atoms with E-state index in [2.05, 4.69) is 15.1 Å². The Bertz CT molecular complexity index is 6090. The van der Waals surface area contributed by atoms with E-state index in [0.717, 1.165) is 22.8 Å². The molecule has 0 spiro atoms. The number of methoxy groups -OCH3 is 1. The molecule has 0 saturated carbocycles. The summed E-state index contributed by atoms with van der Waals surface area (Å²) in [7, 11) is 1.54. The highest BCUT2D eigenvalue weighted by Crippen LogP contribution is 2.41. The summed E-state index contributed by atoms with van der Waals surface area (Å²) < 4.78 is 43.2. The number of ketones is 10. The average molecular weight is 2220 g/mol. The molecule has 8 aromatic carbocycles. The summed E-state index contributed by atoms with van der Waals surface area (Å²) in [5.41, 5.74) is 44.2. The van der Waals surface area contributed by atoms with Gasteiger partial charge in [-0.1, -0.05) is 349 Å². The lowest BCUT2D eigenvalue weighted by molar-refractivity contribution is -0.137. The number of aromatic nitrogens is 2. The van der Waals surface area contributed by atoms with Crippen molar-refractivity contribution in [3.63, 3.8) is 0 Å². The SMILES string of the molecule is CC(C)(C)C(=O)c1cc(Cl)c(N)c(C(F)(F)F)c1.CC(C)(C)C(=O)c1cc(Cl)c(N)c(Cl)c1.CC(C)(C)C(=O)c1cc(Cl)nc(N=N)c1.CC(C)(C)C(=O)c1ccc(N)c(C#N)c1.CC(C)(C)C(=O)c1ccc(N)c(Cl)c1.CC(C)(C)C(=O)c1cnc(N)c(Cl)c1.COc1cc(C(=O)C(C)(C)C)ccc1N.Cc1ccc(C(=O)C(C)(C)C)cc1Cl.Cc1ccc(C(=O)C(C)(C)C)cc1Cl.Cc1ccc(C(=O)C(C)(C)C)cc1Cl. The van der Waals surface area contributed by atoms with E-state index in [-0.39, 0.29) is 106 Å². The number of carbonyl (C=O) groups excluding carboxylic acids is 10. The van der Waals surface area contributed by atoms with E-state index in [4.69, 9.17) is 154 Å². The summed E-state index contributed by atoms with van der Waals surface area (Å²) in [6.07, 6.45) is -3.18. The molecule has 0 radical (unpaired) electrons. The molecule has 10 aromatic rings. The van der Waals surface area contributed by atoms with Crippen LogP contribution in [0.3, 0.4) is 0 Å². The molecule has 0 aliphatic heterocycles. The van der Waals surface area contributed by atoms with Crippen LogP contribution in [0.25, 0.3) is 0 Å². The van der Waals surface area contributed by atoms with E-state index < -0.39 is 50.3 Å². The molecule has 10 rings (SSSR count). The molecule has 0 atom stereocenters. The third-order valence-electron chi connectivity index (χ3n) is 20.6. The van der Waals surface area contributed by atoms with Crippen molar-refractivity contribution in [2.75, 3.05) is 41.5 Å². The van der Waals surface area contributed by atoms with E-state index in [1.54, 1.807) is 112 Å². The number of carbonyl (C=O) groups is 10. The summed E-state index contributed by atoms with van der Waals surface area (Å²) >= 11 is 52.5. The molecular weight excluding hydrogens is 2080 g/mol. The van der Waals surface area contributed by atoms with E-state index in [9.17, 15) is 61.1 Å². The lowest BCUT2D eigenvalue weighted by Gasteiger charge is -2.19. The fraction of sp³-hybridized carbons (Fsp3) is 0.395. The number of pyridine rings is 2. The van der Waals surface area contributed by atoms with Crippen molar-refractivity contribution >= 4 is 202 Å². The summed E-state index contributed by atoms with van der Waals surface area (Å²) in [4.78, 5) is 126. The lowest BCUT2D eigenvalue weighted by atomic mass is 9.86. The van der Waals surface area contributed by atoms with Gasteiger partial charge in [-0.3, -0.25) is 47.9 Å². The number of rotatable bonds is 12. The largest absolute Gasteiger partial charge is 0.495 e. The number of aryl methyl sites for hydroxylation is 3. The molecule has 0 aliphatic rings. The Morgan fingerprint density at radius 1 is 0.311 bits per heavy atom. The Labute approximate surface area is 915 Å². The number of hydrogen-bond donors (Lipinski definition) is 7. The van der Waals surface area contributed by atoms with Gasteiger partial charge in [0.15, 0.2) is 63.7 Å². The van der Waals surface area contributed by atoms with E-state index in [1.807, 2.05) is 250 Å². The third kappa shape index (κ3) is 43.4. The molecule has 34 heteroatoms. The first-order valence-electron chi connectivity index (χ1n) is 46.3. The normalized spacial score (nSPS) is 11.5. The predicted octanol–water partition coefficient (Wildman–Crippen LogP) is 33.8. The standard InChI is InChI=1S/C12H13ClF3NO.3C12H15ClO.C12H14N2O.C12H17NO2.C11H13Cl2NO.C11H14ClNO.C10H12ClN3O.C10H13ClN2O/c1-11(2,3)10(18)6-4-7(12(14,15)16)9(17)8(13)5-6;3*1-8-5-6-9(7-10(8)13)11(14)12(2,3)4;1-12(2,3)11(15)8-4-5-10(14)9(6-8)7-13;1-12(2,3)11(14)8-5-6-9(13)10(7-8)15-4;1-11(2,3)10(15)6-4-7(12)9(14)8(13)5-6;1-11(2,3)10(14)7-4-5-9(13)8(12)6-7;1-10(2,3)9(15)6-4-7(11)13-8(5-6)14-12;1-10(2,3)8(14)6-4-7(11)9(12)13-5-6/h4-5H,17H2,1-3H3;3*5-7H,1-4H3;4-6H,14H2,1-3H3;5-7H,13H2,1-4H3;4-5H,14H2,1-3H3;4-6H,13H2,1-3H3;4-5,12H,1-3H3;4-5H,1-3H3,(H2,12,13). The molecule has 0 bridgehead atoms. The van der Waals surface area contributed by atoms with Crippen LogP contribution in [0.4, 0.5) is 53.2 Å². The Morgan fingerprint density at radius 2 is 0.561 bits per heavy atom. The second kappa shape index (κ2) is 55.0. The molecule has 0 fully saturated rings. The third-order valence-corrected chi connectivity index (χ3v) is 23.6. The first-order valence-corrected chi connectivity index (χ1v) is 49.7. The molecule has 0 unspecified atom stereocenters. The molecule has 802 valence electrons. The van der Waals surface area contributed by atoms with Gasteiger partial charge in [0.2, 0.25) is 0 Å². The van der Waals surface area contributed by atoms with E-state index in [1.165, 1.54) is 31.5 Å². The number of anilines is 6. The highest BCUT2D eigenvalue weighted by atomic mass is 35.5. The number of benzene rings is 8. The second-order valence-electron chi connectivity index (χ2n) is 44.8. The molecule has 0 saturated heterocycles. The number of nitriles is 1. The van der Waals surface area contributed by atoms with E-state index >= 15 is 0 Å². The fourth-order valence-electron chi connectivity index (χ4n) is 11.8. The summed E-state index contributed by atoms with van der Waals surface area (Å²) in [5.74, 6) is 1.01. The predicted molar refractivity (Wildman–Crippen MR) is 605 cm³/mol. The van der Waals surface area contributed by atoms with Crippen molar-refractivity contribution in [1.82, 2.24) is 9.97 Å². The van der Waals surface area contributed by atoms with Crippen LogP contribution in [-0.4, -0.2) is 74.9 Å². The Kier molecular flexibility index (Phi) is 50.2. The fourth-order valence-corrected chi connectivity index (χ4v) is 13.6. The molecule has 0 amide bonds. The number of hydrogen-bond acceptors (Lipinski definition) is 22. The summed E-state index contributed by atoms with van der Waals surface area (Å²) in [6, 6.07) is 42.7. The maximum Gasteiger partial charge on any atom is 0.418 e. The monoisotopic (exact) mass is 2210 g/mol. The minimum Gasteiger partial charge on any atom is -0.495 e. The first-order chi connectivity index (χ1) is 66.8. The second-order valence-corrected chi connectivity index (χ2v) is 48.4. The number of alkyl halides is 3. The van der Waals surface area contributed by atoms with Crippen LogP contribution in [0.5, 0.6) is 5.75 Å². The van der Waals surface area contributed by atoms with Crippen molar-refractivity contribution in [3.8, 4) is 11.8 Å². The topological polar surface area (TPSA) is 422 Å². The van der Waals surface area contributed by atoms with Crippen molar-refractivity contribution in [3.05, 3.63) is 287 Å². The maximum atomic E-state index is 12.7. The number of ether oxygens (including phenoxy) is 1. The van der Waals surface area contributed by atoms with E-state index in [0.29, 0.717) is 119 Å². The maximum absolute atomic E-state index is 12.7. The van der Waals surface area contributed by atoms with Crippen LogP contribution >= 0.6 is 104 Å². The van der Waals surface area contributed by atoms with Crippen molar-refractivity contribution < 1.29 is 65.9 Å². The molecule has 2 aromatic heterocycles. The average Bonchev–Trinajstić information content (AvgIpc) is 0.786. The lowest BCUT2D eigenvalue weighted by Crippen LogP contribution is -2.21. The number of nitrogens with one attached hydrogen (secondary N) is 1. The highest BCUT2D eigenvalue weighted by molar-refractivity contribution is 6.40. The zero-order valence-corrected chi connectivity index (χ0v) is 97.6. The van der Waals surface area contributed by atoms with Gasteiger partial charge < -0.3 is 39.1 Å². The van der Waals surface area contributed by atoms with Crippen molar-refractivity contribution in [1.29, 1.82) is 10.8 Å². The molecule has 22 nitrogen and oxygen atoms in total. The number of nitrogens with zero attached hydrogens (tertiary/aromatic N) is 4. The van der Waals surface area contributed by atoms with Crippen LogP contribution in [-0.2, 0) is 6.18 Å². The summed E-state index contributed by atoms with van der Waals surface area (Å²) in [6.45, 7) is 61.1. The zero-order chi connectivity index (χ0) is 116. The van der Waals surface area contributed by atoms with Gasteiger partial charge in [0, 0.05) is 137 Å².